The van der Waals surface area contributed by atoms with Crippen LogP contribution in [-0.4, -0.2) is 77.4 Å². The van der Waals surface area contributed by atoms with E-state index in [2.05, 4.69) is 15.6 Å². The van der Waals surface area contributed by atoms with Gasteiger partial charge in [0.1, 0.15) is 18.5 Å². The molecule has 0 spiro atoms. The van der Waals surface area contributed by atoms with Crippen LogP contribution in [0, 0.1) is 0 Å². The van der Waals surface area contributed by atoms with Gasteiger partial charge in [-0.05, 0) is 25.5 Å². The largest absolute Gasteiger partial charge is 0.491 e. The second kappa shape index (κ2) is 8.47. The van der Waals surface area contributed by atoms with Crippen LogP contribution in [0.5, 0.6) is 5.75 Å². The number of aliphatic hydroxyl groups is 1. The molecule has 4 atom stereocenters. The number of nitrogens with one attached hydrogen (secondary N) is 2. The van der Waals surface area contributed by atoms with Crippen molar-refractivity contribution in [3.05, 3.63) is 30.3 Å². The van der Waals surface area contributed by atoms with Crippen LogP contribution in [-0.2, 0) is 4.79 Å². The number of para-hydroxylation sites is 1. The van der Waals surface area contributed by atoms with Gasteiger partial charge in [0.2, 0.25) is 0 Å². The van der Waals surface area contributed by atoms with Crippen molar-refractivity contribution in [2.75, 3.05) is 20.2 Å². The van der Waals surface area contributed by atoms with Crippen LogP contribution >= 0.6 is 0 Å². The van der Waals surface area contributed by atoms with E-state index in [1.165, 1.54) is 4.90 Å². The number of aliphatic hydroxyl groups excluding tert-OH is 1. The zero-order chi connectivity index (χ0) is 20.3. The number of hydrogen-bond donors (Lipinski definition) is 3. The number of guanidine groups is 1. The van der Waals surface area contributed by atoms with Crippen molar-refractivity contribution in [1.82, 2.24) is 20.4 Å². The number of benzene rings is 1. The van der Waals surface area contributed by atoms with Crippen molar-refractivity contribution in [3.63, 3.8) is 0 Å². The summed E-state index contributed by atoms with van der Waals surface area (Å²) in [5.41, 5.74) is 0. The number of rotatable bonds is 7. The summed E-state index contributed by atoms with van der Waals surface area (Å²) in [6.45, 7) is 4.26. The summed E-state index contributed by atoms with van der Waals surface area (Å²) in [6.07, 6.45) is -0.614. The van der Waals surface area contributed by atoms with Gasteiger partial charge in [0, 0.05) is 13.1 Å². The summed E-state index contributed by atoms with van der Waals surface area (Å²) < 4.78 is 5.61. The van der Waals surface area contributed by atoms with E-state index in [0.29, 0.717) is 11.7 Å². The molecule has 1 saturated heterocycles. The fourth-order valence-corrected chi connectivity index (χ4v) is 3.16. The van der Waals surface area contributed by atoms with Crippen LogP contribution in [0.3, 0.4) is 0 Å². The van der Waals surface area contributed by atoms with Gasteiger partial charge in [-0.15, -0.1) is 0 Å². The Hall–Kier alpha value is -2.81. The Labute approximate surface area is 164 Å². The molecule has 2 aliphatic heterocycles. The molecule has 2 heterocycles. The van der Waals surface area contributed by atoms with Gasteiger partial charge in [-0.1, -0.05) is 25.1 Å². The first-order chi connectivity index (χ1) is 13.4. The lowest BCUT2D eigenvalue weighted by Crippen LogP contribution is -2.65. The van der Waals surface area contributed by atoms with E-state index >= 15 is 0 Å². The second-order valence-electron chi connectivity index (χ2n) is 7.10. The number of hydrogen-bond acceptors (Lipinski definition) is 7. The van der Waals surface area contributed by atoms with Gasteiger partial charge in [-0.3, -0.25) is 10.1 Å². The minimum atomic E-state index is -0.848. The fourth-order valence-electron chi connectivity index (χ4n) is 3.16. The van der Waals surface area contributed by atoms with Gasteiger partial charge < -0.3 is 25.0 Å². The number of amides is 3. The third kappa shape index (κ3) is 4.19. The van der Waals surface area contributed by atoms with Crippen molar-refractivity contribution in [3.8, 4) is 5.75 Å². The zero-order valence-corrected chi connectivity index (χ0v) is 16.3. The number of urea groups is 1. The lowest BCUT2D eigenvalue weighted by molar-refractivity contribution is -0.127. The first kappa shape index (κ1) is 19.9. The van der Waals surface area contributed by atoms with Crippen LogP contribution in [0.4, 0.5) is 4.79 Å². The Morgan fingerprint density at radius 1 is 1.32 bits per heavy atom. The summed E-state index contributed by atoms with van der Waals surface area (Å²) in [6, 6.07) is 8.17. The summed E-state index contributed by atoms with van der Waals surface area (Å²) in [7, 11) is 1.60. The van der Waals surface area contributed by atoms with Gasteiger partial charge in [0.15, 0.2) is 18.2 Å². The number of β-amino-alcohol motifs (C(OH)–C–C–N with tert-alkyl or cyclic N) is 1. The Morgan fingerprint density at radius 2 is 2.04 bits per heavy atom. The lowest BCUT2D eigenvalue weighted by Gasteiger charge is -2.37. The van der Waals surface area contributed by atoms with E-state index in [4.69, 9.17) is 4.74 Å². The zero-order valence-electron chi connectivity index (χ0n) is 16.3. The molecule has 2 aliphatic rings. The molecule has 9 nitrogen and oxygen atoms in total. The number of nitrogens with zero attached hydrogens (tertiary/aromatic N) is 3. The fraction of sp³-hybridized carbons (Fsp3) is 0.526. The molecule has 0 radical (unpaired) electrons. The number of fused-ring (bicyclic) bond motifs is 1. The van der Waals surface area contributed by atoms with Gasteiger partial charge in [-0.25, -0.2) is 9.79 Å². The van der Waals surface area contributed by atoms with Crippen molar-refractivity contribution < 1.29 is 19.4 Å². The Balaban J connectivity index is 1.72. The molecule has 1 aromatic carbocycles. The number of likely N-dealkylation sites (N-methyl/N-ethyl adjacent to an activating group) is 1. The summed E-state index contributed by atoms with van der Waals surface area (Å²) >= 11 is 0. The Morgan fingerprint density at radius 3 is 2.71 bits per heavy atom. The molecule has 9 heteroatoms. The number of carbonyl (C=O) groups is 2. The molecule has 3 rings (SSSR count). The van der Waals surface area contributed by atoms with E-state index in [1.54, 1.807) is 11.9 Å². The highest BCUT2D eigenvalue weighted by Crippen LogP contribution is 2.24. The molecule has 0 aromatic heterocycles. The van der Waals surface area contributed by atoms with Crippen molar-refractivity contribution in [2.24, 2.45) is 4.99 Å². The molecule has 4 unspecified atom stereocenters. The molecule has 0 bridgehead atoms. The first-order valence-corrected chi connectivity index (χ1v) is 9.45. The Kier molecular flexibility index (Phi) is 6.03. The van der Waals surface area contributed by atoms with Crippen molar-refractivity contribution in [2.45, 2.75) is 44.6 Å². The average molecular weight is 389 g/mol. The highest BCUT2D eigenvalue weighted by atomic mass is 16.5. The highest BCUT2D eigenvalue weighted by molar-refractivity contribution is 6.03. The normalized spacial score (nSPS) is 23.6. The number of ether oxygens (including phenoxy) is 1. The quantitative estimate of drug-likeness (QED) is 0.622. The van der Waals surface area contributed by atoms with Crippen LogP contribution in [0.2, 0.25) is 0 Å². The van der Waals surface area contributed by atoms with Crippen LogP contribution in [0.1, 0.15) is 20.3 Å². The van der Waals surface area contributed by atoms with E-state index in [9.17, 15) is 14.7 Å². The van der Waals surface area contributed by atoms with Gasteiger partial charge in [0.25, 0.3) is 5.91 Å². The summed E-state index contributed by atoms with van der Waals surface area (Å²) in [5, 5.41) is 16.1. The number of imide groups is 1. The maximum atomic E-state index is 12.5. The predicted octanol–water partition coefficient (Wildman–Crippen LogP) is 0.362. The smallest absolute Gasteiger partial charge is 0.325 e. The third-order valence-corrected chi connectivity index (χ3v) is 4.94. The summed E-state index contributed by atoms with van der Waals surface area (Å²) in [5.74, 6) is 0.738. The first-order valence-electron chi connectivity index (χ1n) is 9.45. The molecule has 0 aliphatic carbocycles. The minimum absolute atomic E-state index is 0.0743. The average Bonchev–Trinajstić information content (AvgIpc) is 3.03. The van der Waals surface area contributed by atoms with Crippen molar-refractivity contribution >= 4 is 17.9 Å². The maximum Gasteiger partial charge on any atom is 0.325 e. The monoisotopic (exact) mass is 389 g/mol. The minimum Gasteiger partial charge on any atom is -0.491 e. The Bertz CT molecular complexity index is 741. The molecule has 3 N–H and O–H groups in total. The second-order valence-corrected chi connectivity index (χ2v) is 7.10. The van der Waals surface area contributed by atoms with E-state index in [-0.39, 0.29) is 19.2 Å². The maximum absolute atomic E-state index is 12.5. The van der Waals surface area contributed by atoms with Crippen molar-refractivity contribution in [1.29, 1.82) is 0 Å². The molecule has 3 amide bonds. The van der Waals surface area contributed by atoms with E-state index in [0.717, 1.165) is 6.42 Å². The van der Waals surface area contributed by atoms with E-state index < -0.39 is 30.2 Å². The molecule has 152 valence electrons. The molecule has 1 fully saturated rings. The van der Waals surface area contributed by atoms with Crippen LogP contribution in [0.25, 0.3) is 0 Å². The topological polar surface area (TPSA) is 106 Å². The standard InChI is InChI=1S/C19H27N5O4/c1-4-12(2)20-18-21-16-15(17(26)22-19(27)23(16)3)24(18)10-13(25)11-28-14-8-6-5-7-9-14/h5-9,12-13,15-16,25H,4,10-11H2,1-3H3,(H,20,21)(H,22,26,27). The third-order valence-electron chi connectivity index (χ3n) is 4.94. The predicted molar refractivity (Wildman–Crippen MR) is 104 cm³/mol. The van der Waals surface area contributed by atoms with Crippen LogP contribution < -0.4 is 15.4 Å². The van der Waals surface area contributed by atoms with Crippen LogP contribution in [0.15, 0.2) is 35.3 Å². The van der Waals surface area contributed by atoms with E-state index in [1.807, 2.05) is 44.2 Å². The number of carbonyl (C=O) groups excluding carboxylic acids is 2. The molecule has 1 aromatic rings. The number of aliphatic imine (C=N–C) groups is 1. The van der Waals surface area contributed by atoms with Gasteiger partial charge >= 0.3 is 6.03 Å². The molecule has 28 heavy (non-hydrogen) atoms. The van der Waals surface area contributed by atoms with Gasteiger partial charge in [0.05, 0.1) is 6.54 Å². The summed E-state index contributed by atoms with van der Waals surface area (Å²) in [4.78, 5) is 32.1. The highest BCUT2D eigenvalue weighted by Gasteiger charge is 2.49. The molecule has 0 saturated carbocycles. The molecular formula is C19H27N5O4. The molecular weight excluding hydrogens is 362 g/mol. The SMILES string of the molecule is CCC(C)NC1=NC2C(C(=O)NC(=O)N2C)N1CC(O)COc1ccccc1. The van der Waals surface area contributed by atoms with Gasteiger partial charge in [-0.2, -0.15) is 0 Å². The lowest BCUT2D eigenvalue weighted by atomic mass is 10.1.